The number of aromatic nitrogens is 4. The minimum absolute atomic E-state index is 0.0226. The molecule has 1 fully saturated rings. The largest absolute Gasteiger partial charge is 0.454 e. The number of nitrogens with one attached hydrogen (secondary N) is 2. The van der Waals surface area contributed by atoms with E-state index in [2.05, 4.69) is 9.71 Å². The van der Waals surface area contributed by atoms with Crippen LogP contribution >= 0.6 is 0 Å². The third kappa shape index (κ3) is 8.24. The highest BCUT2D eigenvalue weighted by Crippen LogP contribution is 2.41. The van der Waals surface area contributed by atoms with Crippen molar-refractivity contribution < 1.29 is 39.5 Å². The number of carbonyl (C=O) groups excluding carboxylic acids is 1. The number of fused-ring (bicyclic) bond motifs is 8. The van der Waals surface area contributed by atoms with E-state index in [-0.39, 0.29) is 57.1 Å². The molecule has 4 bridgehead atoms. The van der Waals surface area contributed by atoms with E-state index in [9.17, 15) is 21.6 Å². The first kappa shape index (κ1) is 40.2. The van der Waals surface area contributed by atoms with E-state index < -0.39 is 65.0 Å². The van der Waals surface area contributed by atoms with Crippen LogP contribution in [-0.2, 0) is 43.5 Å². The van der Waals surface area contributed by atoms with Crippen LogP contribution in [0.3, 0.4) is 0 Å². The lowest BCUT2D eigenvalue weighted by molar-refractivity contribution is -0.115. The molecule has 2 aliphatic rings. The highest BCUT2D eigenvalue weighted by Gasteiger charge is 2.38. The molecule has 16 heteroatoms. The molecular formula is C41H44F3N5O6S2. The maximum absolute atomic E-state index is 15.8. The van der Waals surface area contributed by atoms with Crippen LogP contribution in [0, 0.1) is 22.9 Å². The van der Waals surface area contributed by atoms with Crippen LogP contribution in [0.15, 0.2) is 60.3 Å². The zero-order valence-corrected chi connectivity index (χ0v) is 33.9. The number of hydrogen-bond acceptors (Lipinski definition) is 8. The summed E-state index contributed by atoms with van der Waals surface area (Å²) in [5, 5.41) is 4.48. The Labute approximate surface area is 329 Å². The van der Waals surface area contributed by atoms with Gasteiger partial charge in [-0.1, -0.05) is 44.5 Å². The molecule has 1 aliphatic heterocycles. The van der Waals surface area contributed by atoms with Gasteiger partial charge in [0.15, 0.2) is 33.1 Å². The summed E-state index contributed by atoms with van der Waals surface area (Å²) in [5.74, 6) is -4.49. The van der Waals surface area contributed by atoms with E-state index in [1.807, 2.05) is 32.9 Å². The van der Waals surface area contributed by atoms with E-state index in [1.54, 1.807) is 25.3 Å². The predicted molar refractivity (Wildman–Crippen MR) is 211 cm³/mol. The highest BCUT2D eigenvalue weighted by molar-refractivity contribution is 7.91. The number of H-pyrrole nitrogens is 1. The number of aromatic amines is 1. The number of amides is 1. The fourth-order valence-electron chi connectivity index (χ4n) is 7.59. The van der Waals surface area contributed by atoms with Crippen molar-refractivity contribution in [3.05, 3.63) is 100 Å². The first-order chi connectivity index (χ1) is 26.8. The molecule has 11 nitrogen and oxygen atoms in total. The lowest BCUT2D eigenvalue weighted by Crippen LogP contribution is -2.33. The van der Waals surface area contributed by atoms with Crippen molar-refractivity contribution in [2.45, 2.75) is 76.9 Å². The van der Waals surface area contributed by atoms with Gasteiger partial charge in [-0.2, -0.15) is 9.49 Å². The summed E-state index contributed by atoms with van der Waals surface area (Å²) < 4.78 is 109. The first-order valence-corrected chi connectivity index (χ1v) is 22.1. The Morgan fingerprint density at radius 3 is 2.54 bits per heavy atom. The van der Waals surface area contributed by atoms with Crippen molar-refractivity contribution in [1.82, 2.24) is 24.5 Å². The van der Waals surface area contributed by atoms with Crippen LogP contribution in [0.4, 0.5) is 13.2 Å². The van der Waals surface area contributed by atoms with Gasteiger partial charge < -0.3 is 9.72 Å². The Balaban J connectivity index is 1.32. The Bertz CT molecular complexity index is 2670. The van der Waals surface area contributed by atoms with Crippen LogP contribution < -0.4 is 9.46 Å². The molecule has 2 aromatic heterocycles. The molecule has 1 aliphatic carbocycles. The number of nitrogens with zero attached hydrogens (tertiary/aromatic N) is 3. The lowest BCUT2D eigenvalue weighted by atomic mass is 9.75. The number of benzene rings is 3. The van der Waals surface area contributed by atoms with E-state index >= 15 is 13.2 Å². The van der Waals surface area contributed by atoms with Gasteiger partial charge in [0.2, 0.25) is 15.8 Å². The smallest absolute Gasteiger partial charge is 0.260 e. The monoisotopic (exact) mass is 823 g/mol. The zero-order chi connectivity index (χ0) is 41.1. The molecular weight excluding hydrogens is 780 g/mol. The van der Waals surface area contributed by atoms with Crippen molar-refractivity contribution in [3.63, 3.8) is 0 Å². The third-order valence-corrected chi connectivity index (χ3v) is 14.7. The maximum Gasteiger partial charge on any atom is 0.260 e. The summed E-state index contributed by atoms with van der Waals surface area (Å²) in [6.07, 6.45) is 5.34. The van der Waals surface area contributed by atoms with E-state index in [0.29, 0.717) is 43.5 Å². The van der Waals surface area contributed by atoms with Crippen LogP contribution in [-0.4, -0.2) is 59.2 Å². The zero-order valence-electron chi connectivity index (χ0n) is 32.2. The summed E-state index contributed by atoms with van der Waals surface area (Å²) >= 11 is 0. The molecule has 1 atom stereocenters. The maximum atomic E-state index is 15.8. The summed E-state index contributed by atoms with van der Waals surface area (Å²) in [6.45, 7) is 7.20. The lowest BCUT2D eigenvalue weighted by Gasteiger charge is -2.30. The van der Waals surface area contributed by atoms with Crippen LogP contribution in [0.1, 0.15) is 82.3 Å². The molecule has 302 valence electrons. The Hall–Kier alpha value is -4.96. The van der Waals surface area contributed by atoms with Gasteiger partial charge in [-0.25, -0.2) is 40.0 Å². The number of hydrogen-bond donors (Lipinski definition) is 2. The normalized spacial score (nSPS) is 20.2. The molecule has 2 N–H and O–H groups in total. The SMILES string of the molecule is CC(=Cc1cccc([C@@]2(C)CCCC(C)(C)CS(=O)(=O)CCc3c(c(F)c(F)c4[nH]ccc34)Oc3ccc(F)c(c3)-c3nc2nn3C)c1)C(=O)NS(=O)(=O)C1CC1. The summed E-state index contributed by atoms with van der Waals surface area (Å²) in [4.78, 5) is 20.4. The molecule has 3 heterocycles. The van der Waals surface area contributed by atoms with E-state index in [0.717, 1.165) is 11.6 Å². The van der Waals surface area contributed by atoms with Crippen LogP contribution in [0.2, 0.25) is 0 Å². The fourth-order valence-corrected chi connectivity index (χ4v) is 10.9. The second-order valence-electron chi connectivity index (χ2n) is 16.1. The number of sulfone groups is 1. The first-order valence-electron chi connectivity index (χ1n) is 18.7. The van der Waals surface area contributed by atoms with Crippen molar-refractivity contribution in [2.75, 3.05) is 11.5 Å². The van der Waals surface area contributed by atoms with Gasteiger partial charge in [-0.3, -0.25) is 4.79 Å². The minimum Gasteiger partial charge on any atom is -0.454 e. The number of aryl methyl sites for hydroxylation is 2. The molecule has 3 aromatic carbocycles. The molecule has 0 unspecified atom stereocenters. The number of carbonyl (C=O) groups is 1. The topological polar surface area (TPSA) is 153 Å². The minimum atomic E-state index is -3.74. The fraction of sp³-hybridized carbons (Fsp3) is 0.390. The number of sulfonamides is 1. The van der Waals surface area contributed by atoms with Gasteiger partial charge >= 0.3 is 0 Å². The summed E-state index contributed by atoms with van der Waals surface area (Å²) in [6, 6.07) is 12.5. The van der Waals surface area contributed by atoms with Gasteiger partial charge in [-0.15, -0.1) is 0 Å². The predicted octanol–water partition coefficient (Wildman–Crippen LogP) is 7.66. The van der Waals surface area contributed by atoms with Crippen molar-refractivity contribution >= 4 is 42.7 Å². The number of ether oxygens (including phenoxy) is 1. The second-order valence-corrected chi connectivity index (χ2v) is 20.3. The second kappa shape index (κ2) is 14.8. The van der Waals surface area contributed by atoms with Crippen molar-refractivity contribution in [2.24, 2.45) is 12.5 Å². The van der Waals surface area contributed by atoms with Crippen LogP contribution in [0.25, 0.3) is 28.4 Å². The molecule has 57 heavy (non-hydrogen) atoms. The Kier molecular flexibility index (Phi) is 10.4. The quantitative estimate of drug-likeness (QED) is 0.172. The average molecular weight is 824 g/mol. The van der Waals surface area contributed by atoms with Crippen molar-refractivity contribution in [1.29, 1.82) is 0 Å². The molecule has 0 spiro atoms. The molecule has 5 aromatic rings. The third-order valence-electron chi connectivity index (χ3n) is 10.9. The Morgan fingerprint density at radius 2 is 1.81 bits per heavy atom. The van der Waals surface area contributed by atoms with Gasteiger partial charge in [0, 0.05) is 29.8 Å². The van der Waals surface area contributed by atoms with E-state index in [1.165, 1.54) is 36.0 Å². The highest BCUT2D eigenvalue weighted by atomic mass is 32.2. The van der Waals surface area contributed by atoms with Crippen molar-refractivity contribution in [3.8, 4) is 22.9 Å². The number of rotatable bonds is 5. The molecule has 0 saturated heterocycles. The van der Waals surface area contributed by atoms with Gasteiger partial charge in [0.05, 0.1) is 33.3 Å². The summed E-state index contributed by atoms with van der Waals surface area (Å²) in [5.41, 5.74) is -0.0620. The van der Waals surface area contributed by atoms with Gasteiger partial charge in [0.1, 0.15) is 11.6 Å². The van der Waals surface area contributed by atoms with Gasteiger partial charge in [-0.05, 0) is 92.8 Å². The molecule has 0 radical (unpaired) electrons. The summed E-state index contributed by atoms with van der Waals surface area (Å²) in [7, 11) is -5.87. The standard InChI is InChI=1S/C41H44F3N5O6S2/c1-24(38(50)48-57(53,54)28-11-12-28)20-25-8-6-9-26(21-25)41(4)17-7-16-40(2,3)23-56(51,52)19-15-30-29-14-18-45-35(29)33(43)34(44)36(30)55-27-10-13-32(42)31(22-27)37-46-39(41)47-49(37)5/h6,8-10,13-14,18,20-22,28,45H,7,11-12,15-17,19,23H2,1-5H3,(H,48,50)/t41-/m1/s1. The molecule has 1 saturated carbocycles. The van der Waals surface area contributed by atoms with E-state index in [4.69, 9.17) is 14.8 Å². The average Bonchev–Trinajstić information content (AvgIpc) is 3.78. The number of halogens is 3. The molecule has 1 amide bonds. The van der Waals surface area contributed by atoms with Crippen LogP contribution in [0.5, 0.6) is 11.5 Å². The Morgan fingerprint density at radius 1 is 1.05 bits per heavy atom. The van der Waals surface area contributed by atoms with Gasteiger partial charge in [0.25, 0.3) is 5.91 Å². The molecule has 7 rings (SSSR count).